The van der Waals surface area contributed by atoms with Gasteiger partial charge in [-0.25, -0.2) is 4.39 Å². The zero-order valence-corrected chi connectivity index (χ0v) is 15.7. The number of hydrogen-bond acceptors (Lipinski definition) is 4. The lowest BCUT2D eigenvalue weighted by molar-refractivity contribution is 0.112. The maximum atomic E-state index is 14.3. The van der Waals surface area contributed by atoms with Gasteiger partial charge in [0.1, 0.15) is 29.2 Å². The third-order valence-electron chi connectivity index (χ3n) is 4.87. The Bertz CT molecular complexity index is 972. The van der Waals surface area contributed by atoms with Crippen molar-refractivity contribution in [2.24, 2.45) is 0 Å². The molecule has 1 heterocycles. The molecule has 4 nitrogen and oxygen atoms in total. The number of halogens is 1. The Morgan fingerprint density at radius 2 is 2.04 bits per heavy atom. The summed E-state index contributed by atoms with van der Waals surface area (Å²) in [5.74, 6) is 0.891. The van der Waals surface area contributed by atoms with Crippen LogP contribution in [0.1, 0.15) is 47.5 Å². The number of hydrogen-bond donors (Lipinski definition) is 1. The molecule has 0 aliphatic rings. The first-order valence-corrected chi connectivity index (χ1v) is 8.91. The molecule has 0 bridgehead atoms. The molecule has 0 amide bonds. The molecule has 2 aromatic carbocycles. The van der Waals surface area contributed by atoms with E-state index in [-0.39, 0.29) is 12.4 Å². The maximum absolute atomic E-state index is 14.3. The monoisotopic (exact) mass is 370 g/mol. The lowest BCUT2D eigenvalue weighted by Gasteiger charge is -2.26. The highest BCUT2D eigenvalue weighted by Crippen LogP contribution is 2.41. The molecule has 0 saturated heterocycles. The maximum Gasteiger partial charge on any atom is 0.150 e. The number of furan rings is 1. The lowest BCUT2D eigenvalue weighted by atomic mass is 9.78. The summed E-state index contributed by atoms with van der Waals surface area (Å²) in [6.07, 6.45) is 1.32. The van der Waals surface area contributed by atoms with Gasteiger partial charge in [-0.05, 0) is 56.7 Å². The van der Waals surface area contributed by atoms with Gasteiger partial charge >= 0.3 is 0 Å². The number of aryl methyl sites for hydroxylation is 1. The number of ether oxygens (including phenoxy) is 1. The standard InChI is InChI=1S/C22H23FO4/c1-14-20-18(23)6-4-7-19(20)27-21(14)22(2,3)17-12-16(26-11-5-10-24)9-8-15(17)13-25/h4,6-9,12-13,24H,5,10-11H2,1-3H3. The molecule has 0 radical (unpaired) electrons. The van der Waals surface area contributed by atoms with Crippen LogP contribution in [-0.2, 0) is 5.41 Å². The largest absolute Gasteiger partial charge is 0.493 e. The van der Waals surface area contributed by atoms with E-state index in [4.69, 9.17) is 14.3 Å². The van der Waals surface area contributed by atoms with E-state index in [1.54, 1.807) is 24.3 Å². The highest BCUT2D eigenvalue weighted by Gasteiger charge is 2.33. The first-order chi connectivity index (χ1) is 12.9. The number of benzene rings is 2. The summed E-state index contributed by atoms with van der Waals surface area (Å²) in [5.41, 5.74) is 1.79. The molecule has 3 aromatic rings. The van der Waals surface area contributed by atoms with Crippen molar-refractivity contribution in [1.29, 1.82) is 0 Å². The van der Waals surface area contributed by atoms with Crippen molar-refractivity contribution in [2.75, 3.05) is 13.2 Å². The normalized spacial score (nSPS) is 11.7. The number of aldehydes is 1. The van der Waals surface area contributed by atoms with Gasteiger partial charge in [-0.2, -0.15) is 0 Å². The van der Waals surface area contributed by atoms with E-state index < -0.39 is 5.41 Å². The first-order valence-electron chi connectivity index (χ1n) is 8.91. The van der Waals surface area contributed by atoms with Crippen molar-refractivity contribution in [1.82, 2.24) is 0 Å². The van der Waals surface area contributed by atoms with Crippen LogP contribution in [0.5, 0.6) is 5.75 Å². The molecular formula is C22H23FO4. The molecule has 1 N–H and O–H groups in total. The van der Waals surface area contributed by atoms with Crippen molar-refractivity contribution in [3.63, 3.8) is 0 Å². The summed E-state index contributed by atoms with van der Waals surface area (Å²) in [5, 5.41) is 9.37. The van der Waals surface area contributed by atoms with Crippen molar-refractivity contribution < 1.29 is 23.4 Å². The molecule has 1 aromatic heterocycles. The summed E-state index contributed by atoms with van der Waals surface area (Å²) in [7, 11) is 0. The van der Waals surface area contributed by atoms with E-state index in [0.29, 0.717) is 41.1 Å². The van der Waals surface area contributed by atoms with Gasteiger partial charge in [-0.1, -0.05) is 6.07 Å². The molecule has 27 heavy (non-hydrogen) atoms. The zero-order chi connectivity index (χ0) is 19.6. The van der Waals surface area contributed by atoms with Gasteiger partial charge in [-0.3, -0.25) is 4.79 Å². The van der Waals surface area contributed by atoms with Gasteiger partial charge in [0.2, 0.25) is 0 Å². The fraction of sp³-hybridized carbons (Fsp3) is 0.318. The number of carbonyl (C=O) groups is 1. The molecule has 0 fully saturated rings. The third kappa shape index (κ3) is 3.47. The minimum atomic E-state index is -0.678. The van der Waals surface area contributed by atoms with Gasteiger partial charge in [0.25, 0.3) is 0 Å². The lowest BCUT2D eigenvalue weighted by Crippen LogP contribution is -2.21. The van der Waals surface area contributed by atoms with Crippen molar-refractivity contribution in [2.45, 2.75) is 32.6 Å². The Hall–Kier alpha value is -2.66. The van der Waals surface area contributed by atoms with Gasteiger partial charge in [-0.15, -0.1) is 0 Å². The molecule has 0 spiro atoms. The van der Waals surface area contributed by atoms with Gasteiger partial charge in [0.15, 0.2) is 0 Å². The predicted molar refractivity (Wildman–Crippen MR) is 102 cm³/mol. The van der Waals surface area contributed by atoms with E-state index in [1.807, 2.05) is 26.8 Å². The SMILES string of the molecule is Cc1c(C(C)(C)c2cc(OCCCO)ccc2C=O)oc2cccc(F)c12. The summed E-state index contributed by atoms with van der Waals surface area (Å²) in [6.45, 7) is 6.14. The Morgan fingerprint density at radius 1 is 1.26 bits per heavy atom. The molecular weight excluding hydrogens is 347 g/mol. The molecule has 0 aliphatic heterocycles. The van der Waals surface area contributed by atoms with Crippen LogP contribution in [0.4, 0.5) is 4.39 Å². The quantitative estimate of drug-likeness (QED) is 0.480. The zero-order valence-electron chi connectivity index (χ0n) is 15.7. The number of aliphatic hydroxyl groups excluding tert-OH is 1. The Morgan fingerprint density at radius 3 is 2.70 bits per heavy atom. The highest BCUT2D eigenvalue weighted by atomic mass is 19.1. The molecule has 0 atom stereocenters. The fourth-order valence-corrected chi connectivity index (χ4v) is 3.50. The van der Waals surface area contributed by atoms with Gasteiger partial charge in [0.05, 0.1) is 12.0 Å². The second-order valence-corrected chi connectivity index (χ2v) is 7.09. The molecule has 3 rings (SSSR count). The Labute approximate surface area is 157 Å². The summed E-state index contributed by atoms with van der Waals surface area (Å²) >= 11 is 0. The van der Waals surface area contributed by atoms with E-state index in [9.17, 15) is 9.18 Å². The van der Waals surface area contributed by atoms with Crippen LogP contribution in [0.3, 0.4) is 0 Å². The number of fused-ring (bicyclic) bond motifs is 1. The summed E-state index contributed by atoms with van der Waals surface area (Å²) < 4.78 is 25.9. The highest BCUT2D eigenvalue weighted by molar-refractivity contribution is 5.84. The number of carbonyl (C=O) groups excluding carboxylic acids is 1. The van der Waals surface area contributed by atoms with Gasteiger partial charge < -0.3 is 14.3 Å². The summed E-state index contributed by atoms with van der Waals surface area (Å²) in [4.78, 5) is 11.6. The first kappa shape index (κ1) is 19.1. The van der Waals surface area contributed by atoms with Crippen molar-refractivity contribution >= 4 is 17.3 Å². The number of aliphatic hydroxyl groups is 1. The third-order valence-corrected chi connectivity index (χ3v) is 4.87. The Balaban J connectivity index is 2.11. The van der Waals surface area contributed by atoms with Crippen LogP contribution in [0.2, 0.25) is 0 Å². The number of rotatable bonds is 7. The molecule has 5 heteroatoms. The molecule has 142 valence electrons. The predicted octanol–water partition coefficient (Wildman–Crippen LogP) is 4.78. The molecule has 0 unspecified atom stereocenters. The second-order valence-electron chi connectivity index (χ2n) is 7.09. The molecule has 0 saturated carbocycles. The second kappa shape index (κ2) is 7.53. The average molecular weight is 370 g/mol. The van der Waals surface area contributed by atoms with Crippen LogP contribution in [0, 0.1) is 12.7 Å². The topological polar surface area (TPSA) is 59.7 Å². The fourth-order valence-electron chi connectivity index (χ4n) is 3.50. The van der Waals surface area contributed by atoms with Crippen molar-refractivity contribution in [3.8, 4) is 5.75 Å². The van der Waals surface area contributed by atoms with Crippen LogP contribution < -0.4 is 4.74 Å². The van der Waals surface area contributed by atoms with Gasteiger partial charge in [0, 0.05) is 29.6 Å². The smallest absolute Gasteiger partial charge is 0.150 e. The van der Waals surface area contributed by atoms with Crippen LogP contribution in [0.25, 0.3) is 11.0 Å². The van der Waals surface area contributed by atoms with Crippen LogP contribution >= 0.6 is 0 Å². The Kier molecular flexibility index (Phi) is 5.33. The van der Waals surface area contributed by atoms with E-state index in [0.717, 1.165) is 17.4 Å². The van der Waals surface area contributed by atoms with E-state index >= 15 is 0 Å². The minimum Gasteiger partial charge on any atom is -0.493 e. The molecule has 0 aliphatic carbocycles. The van der Waals surface area contributed by atoms with Crippen molar-refractivity contribution in [3.05, 3.63) is 64.7 Å². The summed E-state index contributed by atoms with van der Waals surface area (Å²) in [6, 6.07) is 10.0. The average Bonchev–Trinajstić information content (AvgIpc) is 3.00. The minimum absolute atomic E-state index is 0.0501. The van der Waals surface area contributed by atoms with Crippen LogP contribution in [0.15, 0.2) is 40.8 Å². The van der Waals surface area contributed by atoms with Crippen LogP contribution in [-0.4, -0.2) is 24.6 Å². The van der Waals surface area contributed by atoms with E-state index in [2.05, 4.69) is 0 Å². The van der Waals surface area contributed by atoms with E-state index in [1.165, 1.54) is 6.07 Å².